The molecule has 1 atom stereocenters. The van der Waals surface area contributed by atoms with Gasteiger partial charge in [0.05, 0.1) is 17.7 Å². The third-order valence-corrected chi connectivity index (χ3v) is 3.27. The number of anilines is 2. The number of hydrogen-bond donors (Lipinski definition) is 1. The third kappa shape index (κ3) is 2.70. The zero-order chi connectivity index (χ0) is 13.1. The minimum absolute atomic E-state index is 0.0949. The van der Waals surface area contributed by atoms with E-state index >= 15 is 0 Å². The Hall–Kier alpha value is -1.83. The van der Waals surface area contributed by atoms with Crippen molar-refractivity contribution in [2.75, 3.05) is 23.7 Å². The van der Waals surface area contributed by atoms with Crippen LogP contribution in [-0.4, -0.2) is 23.1 Å². The summed E-state index contributed by atoms with van der Waals surface area (Å²) in [6.45, 7) is 5.84. The van der Waals surface area contributed by atoms with E-state index in [2.05, 4.69) is 34.8 Å². The van der Waals surface area contributed by atoms with E-state index in [4.69, 9.17) is 11.0 Å². The first-order valence-corrected chi connectivity index (χ1v) is 6.39. The van der Waals surface area contributed by atoms with E-state index in [1.165, 1.54) is 0 Å². The summed E-state index contributed by atoms with van der Waals surface area (Å²) in [6.07, 6.45) is 2.00. The molecule has 0 saturated carbocycles. The fourth-order valence-electron chi connectivity index (χ4n) is 2.22. The van der Waals surface area contributed by atoms with Crippen LogP contribution in [0.2, 0.25) is 0 Å². The van der Waals surface area contributed by atoms with Crippen LogP contribution >= 0.6 is 0 Å². The van der Waals surface area contributed by atoms with Gasteiger partial charge in [-0.05, 0) is 18.8 Å². The molecule has 2 N–H and O–H groups in total. The van der Waals surface area contributed by atoms with Crippen LogP contribution in [0.15, 0.2) is 6.07 Å². The Morgan fingerprint density at radius 3 is 2.94 bits per heavy atom. The van der Waals surface area contributed by atoms with Gasteiger partial charge < -0.3 is 10.6 Å². The first-order chi connectivity index (χ1) is 8.60. The van der Waals surface area contributed by atoms with Crippen molar-refractivity contribution in [3.05, 3.63) is 11.8 Å². The van der Waals surface area contributed by atoms with Crippen molar-refractivity contribution in [2.24, 2.45) is 5.92 Å². The van der Waals surface area contributed by atoms with Gasteiger partial charge in [0.1, 0.15) is 5.82 Å². The molecule has 18 heavy (non-hydrogen) atoms. The average molecular weight is 245 g/mol. The minimum atomic E-state index is 0.0949. The molecule has 0 aliphatic carbocycles. The van der Waals surface area contributed by atoms with Crippen molar-refractivity contribution in [3.8, 4) is 6.07 Å². The second kappa shape index (κ2) is 5.21. The molecule has 1 aliphatic rings. The number of piperidine rings is 1. The lowest BCUT2D eigenvalue weighted by molar-refractivity contribution is 0.490. The highest BCUT2D eigenvalue weighted by Gasteiger charge is 2.21. The smallest absolute Gasteiger partial charge is 0.222 e. The topological polar surface area (TPSA) is 78.8 Å². The first kappa shape index (κ1) is 12.6. The molecule has 1 aliphatic heterocycles. The van der Waals surface area contributed by atoms with E-state index in [1.807, 2.05) is 6.07 Å². The fraction of sp³-hybridized carbons (Fsp3) is 0.615. The highest BCUT2D eigenvalue weighted by Crippen LogP contribution is 2.24. The lowest BCUT2D eigenvalue weighted by atomic mass is 9.99. The Balaban J connectivity index is 2.25. The maximum atomic E-state index is 9.02. The summed E-state index contributed by atoms with van der Waals surface area (Å²) in [5, 5.41) is 9.02. The van der Waals surface area contributed by atoms with Crippen molar-refractivity contribution in [1.82, 2.24) is 9.97 Å². The van der Waals surface area contributed by atoms with Crippen LogP contribution in [-0.2, 0) is 0 Å². The predicted octanol–water partition coefficient (Wildman–Crippen LogP) is 1.92. The number of rotatable bonds is 2. The van der Waals surface area contributed by atoms with Gasteiger partial charge in [-0.15, -0.1) is 0 Å². The molecule has 0 bridgehead atoms. The van der Waals surface area contributed by atoms with Crippen molar-refractivity contribution in [2.45, 2.75) is 32.6 Å². The van der Waals surface area contributed by atoms with Gasteiger partial charge in [-0.2, -0.15) is 10.2 Å². The predicted molar refractivity (Wildman–Crippen MR) is 71.1 cm³/mol. The lowest BCUT2D eigenvalue weighted by Crippen LogP contribution is -2.35. The highest BCUT2D eigenvalue weighted by atomic mass is 15.2. The van der Waals surface area contributed by atoms with E-state index in [9.17, 15) is 0 Å². The maximum absolute atomic E-state index is 9.02. The van der Waals surface area contributed by atoms with Crippen LogP contribution in [0.4, 0.5) is 11.8 Å². The molecule has 0 aromatic carbocycles. The fourth-order valence-corrected chi connectivity index (χ4v) is 2.22. The zero-order valence-electron chi connectivity index (χ0n) is 10.9. The minimum Gasteiger partial charge on any atom is -0.368 e. The monoisotopic (exact) mass is 245 g/mol. The molecule has 1 saturated heterocycles. The first-order valence-electron chi connectivity index (χ1n) is 6.39. The lowest BCUT2D eigenvalue weighted by Gasteiger charge is -2.30. The standard InChI is InChI=1S/C13H19N5/c1-9(2)11-6-12(17-13(15)16-11)18-5-3-4-10(7-14)8-18/h6,9-10H,3-5,8H2,1-2H3,(H2,15,16,17)/t10-/m0/s1. The van der Waals surface area contributed by atoms with E-state index in [1.54, 1.807) is 0 Å². The number of nitrogens with zero attached hydrogens (tertiary/aromatic N) is 4. The number of hydrogen-bond acceptors (Lipinski definition) is 5. The number of nitriles is 1. The molecular weight excluding hydrogens is 226 g/mol. The van der Waals surface area contributed by atoms with Crippen LogP contribution in [0.3, 0.4) is 0 Å². The normalized spacial score (nSPS) is 19.9. The van der Waals surface area contributed by atoms with Crippen molar-refractivity contribution < 1.29 is 0 Å². The molecule has 5 heteroatoms. The van der Waals surface area contributed by atoms with Crippen molar-refractivity contribution >= 4 is 11.8 Å². The van der Waals surface area contributed by atoms with E-state index in [-0.39, 0.29) is 5.92 Å². The van der Waals surface area contributed by atoms with Gasteiger partial charge in [0, 0.05) is 19.2 Å². The number of nitrogens with two attached hydrogens (primary N) is 1. The molecule has 96 valence electrons. The van der Waals surface area contributed by atoms with Crippen molar-refractivity contribution in [3.63, 3.8) is 0 Å². The SMILES string of the molecule is CC(C)c1cc(N2CCC[C@@H](C#N)C2)nc(N)n1. The van der Waals surface area contributed by atoms with Gasteiger partial charge in [-0.1, -0.05) is 13.8 Å². The van der Waals surface area contributed by atoms with Crippen LogP contribution in [0.25, 0.3) is 0 Å². The quantitative estimate of drug-likeness (QED) is 0.861. The van der Waals surface area contributed by atoms with E-state index in [0.29, 0.717) is 11.9 Å². The van der Waals surface area contributed by atoms with E-state index < -0.39 is 0 Å². The summed E-state index contributed by atoms with van der Waals surface area (Å²) in [5.74, 6) is 1.59. The molecule has 1 fully saturated rings. The molecule has 2 rings (SSSR count). The summed E-state index contributed by atoms with van der Waals surface area (Å²) in [7, 11) is 0. The molecule has 0 spiro atoms. The Morgan fingerprint density at radius 1 is 1.50 bits per heavy atom. The van der Waals surface area contributed by atoms with Crippen LogP contribution in [0, 0.1) is 17.2 Å². The molecule has 1 aromatic heterocycles. The molecule has 2 heterocycles. The number of nitrogen functional groups attached to an aromatic ring is 1. The Bertz CT molecular complexity index is 463. The third-order valence-electron chi connectivity index (χ3n) is 3.27. The van der Waals surface area contributed by atoms with Crippen LogP contribution in [0.5, 0.6) is 0 Å². The molecule has 0 unspecified atom stereocenters. The molecule has 1 aromatic rings. The average Bonchev–Trinajstić information content (AvgIpc) is 2.38. The maximum Gasteiger partial charge on any atom is 0.222 e. The zero-order valence-corrected chi connectivity index (χ0v) is 10.9. The second-order valence-corrected chi connectivity index (χ2v) is 5.08. The van der Waals surface area contributed by atoms with Crippen molar-refractivity contribution in [1.29, 1.82) is 5.26 Å². The van der Waals surface area contributed by atoms with Gasteiger partial charge in [0.2, 0.25) is 5.95 Å². The van der Waals surface area contributed by atoms with Gasteiger partial charge in [0.15, 0.2) is 0 Å². The Morgan fingerprint density at radius 2 is 2.28 bits per heavy atom. The summed E-state index contributed by atoms with van der Waals surface area (Å²) in [5.41, 5.74) is 6.71. The Kier molecular flexibility index (Phi) is 3.66. The summed E-state index contributed by atoms with van der Waals surface area (Å²) in [6, 6.07) is 4.33. The van der Waals surface area contributed by atoms with Gasteiger partial charge in [-0.25, -0.2) is 4.98 Å². The summed E-state index contributed by atoms with van der Waals surface area (Å²) in [4.78, 5) is 10.7. The molecule has 0 radical (unpaired) electrons. The van der Waals surface area contributed by atoms with Gasteiger partial charge >= 0.3 is 0 Å². The largest absolute Gasteiger partial charge is 0.368 e. The molecule has 5 nitrogen and oxygen atoms in total. The Labute approximate surface area is 108 Å². The summed E-state index contributed by atoms with van der Waals surface area (Å²) >= 11 is 0. The van der Waals surface area contributed by atoms with Gasteiger partial charge in [0.25, 0.3) is 0 Å². The molecule has 0 amide bonds. The van der Waals surface area contributed by atoms with Crippen LogP contribution in [0.1, 0.15) is 38.3 Å². The highest BCUT2D eigenvalue weighted by molar-refractivity contribution is 5.44. The second-order valence-electron chi connectivity index (χ2n) is 5.08. The van der Waals surface area contributed by atoms with Gasteiger partial charge in [-0.3, -0.25) is 0 Å². The number of aromatic nitrogens is 2. The van der Waals surface area contributed by atoms with E-state index in [0.717, 1.165) is 37.4 Å². The van der Waals surface area contributed by atoms with Crippen LogP contribution < -0.4 is 10.6 Å². The molecular formula is C13H19N5. The summed E-state index contributed by atoms with van der Waals surface area (Å²) < 4.78 is 0.